The Bertz CT molecular complexity index is 590. The van der Waals surface area contributed by atoms with Crippen molar-refractivity contribution in [1.29, 1.82) is 0 Å². The summed E-state index contributed by atoms with van der Waals surface area (Å²) in [6, 6.07) is 17.4. The smallest absolute Gasteiger partial charge is 0.338 e. The van der Waals surface area contributed by atoms with Gasteiger partial charge in [-0.1, -0.05) is 50.1 Å². The van der Waals surface area contributed by atoms with Crippen LogP contribution in [0.5, 0.6) is 5.75 Å². The molecular formula is C21H26O3. The average molecular weight is 326 g/mol. The molecule has 0 amide bonds. The van der Waals surface area contributed by atoms with Gasteiger partial charge in [-0.3, -0.25) is 0 Å². The van der Waals surface area contributed by atoms with Gasteiger partial charge in [-0.15, -0.1) is 0 Å². The Morgan fingerprint density at radius 1 is 0.875 bits per heavy atom. The first kappa shape index (κ1) is 18.1. The van der Waals surface area contributed by atoms with Crippen LogP contribution in [0, 0.1) is 0 Å². The van der Waals surface area contributed by atoms with Gasteiger partial charge in [0, 0.05) is 0 Å². The largest absolute Gasteiger partial charge is 0.494 e. The van der Waals surface area contributed by atoms with Crippen molar-refractivity contribution >= 4 is 5.97 Å². The molecule has 3 heteroatoms. The first-order valence-electron chi connectivity index (χ1n) is 8.73. The van der Waals surface area contributed by atoms with Crippen LogP contribution in [-0.2, 0) is 11.2 Å². The van der Waals surface area contributed by atoms with Gasteiger partial charge in [0.05, 0.1) is 18.8 Å². The van der Waals surface area contributed by atoms with E-state index in [-0.39, 0.29) is 5.97 Å². The zero-order valence-corrected chi connectivity index (χ0v) is 14.4. The number of ether oxygens (including phenoxy) is 2. The highest BCUT2D eigenvalue weighted by Crippen LogP contribution is 2.14. The second kappa shape index (κ2) is 10.5. The summed E-state index contributed by atoms with van der Waals surface area (Å²) in [6.45, 7) is 3.32. The van der Waals surface area contributed by atoms with Gasteiger partial charge < -0.3 is 9.47 Å². The van der Waals surface area contributed by atoms with Gasteiger partial charge in [0.25, 0.3) is 0 Å². The second-order valence-electron chi connectivity index (χ2n) is 5.81. The molecule has 0 N–H and O–H groups in total. The van der Waals surface area contributed by atoms with Gasteiger partial charge in [0.1, 0.15) is 5.75 Å². The highest BCUT2D eigenvalue weighted by Gasteiger charge is 2.07. The fourth-order valence-corrected chi connectivity index (χ4v) is 2.40. The fourth-order valence-electron chi connectivity index (χ4n) is 2.40. The molecule has 0 aliphatic rings. The monoisotopic (exact) mass is 326 g/mol. The van der Waals surface area contributed by atoms with Crippen LogP contribution < -0.4 is 4.74 Å². The molecule has 0 aliphatic heterocycles. The van der Waals surface area contributed by atoms with E-state index in [0.29, 0.717) is 12.2 Å². The van der Waals surface area contributed by atoms with E-state index in [0.717, 1.165) is 31.6 Å². The molecular weight excluding hydrogens is 300 g/mol. The molecule has 0 aromatic heterocycles. The molecule has 0 aliphatic carbocycles. The standard InChI is InChI=1S/C21H26O3/c1-2-3-7-16-23-20-14-12-19(13-15-20)21(22)24-17-8-11-18-9-5-4-6-10-18/h4-6,9-10,12-15H,2-3,7-8,11,16-17H2,1H3. The fraction of sp³-hybridized carbons (Fsp3) is 0.381. The van der Waals surface area contributed by atoms with Crippen molar-refractivity contribution in [2.24, 2.45) is 0 Å². The number of carbonyl (C=O) groups excluding carboxylic acids is 1. The van der Waals surface area contributed by atoms with Crippen molar-refractivity contribution in [3.8, 4) is 5.75 Å². The van der Waals surface area contributed by atoms with E-state index in [9.17, 15) is 4.79 Å². The third-order valence-corrected chi connectivity index (χ3v) is 3.79. The van der Waals surface area contributed by atoms with Crippen molar-refractivity contribution in [3.63, 3.8) is 0 Å². The molecule has 128 valence electrons. The predicted octanol–water partition coefficient (Wildman–Crippen LogP) is 5.05. The van der Waals surface area contributed by atoms with E-state index in [1.165, 1.54) is 18.4 Å². The van der Waals surface area contributed by atoms with E-state index in [1.54, 1.807) is 12.1 Å². The summed E-state index contributed by atoms with van der Waals surface area (Å²) in [5, 5.41) is 0. The van der Waals surface area contributed by atoms with Crippen molar-refractivity contribution < 1.29 is 14.3 Å². The van der Waals surface area contributed by atoms with Crippen LogP contribution in [0.25, 0.3) is 0 Å². The van der Waals surface area contributed by atoms with Crippen LogP contribution >= 0.6 is 0 Å². The Labute approximate surface area is 144 Å². The zero-order chi connectivity index (χ0) is 17.0. The van der Waals surface area contributed by atoms with Crippen LogP contribution in [0.4, 0.5) is 0 Å². The summed E-state index contributed by atoms with van der Waals surface area (Å²) in [5.41, 5.74) is 1.83. The summed E-state index contributed by atoms with van der Waals surface area (Å²) in [5.74, 6) is 0.521. The van der Waals surface area contributed by atoms with Crippen LogP contribution in [0.3, 0.4) is 0 Å². The van der Waals surface area contributed by atoms with Gasteiger partial charge in [-0.2, -0.15) is 0 Å². The van der Waals surface area contributed by atoms with E-state index >= 15 is 0 Å². The topological polar surface area (TPSA) is 35.5 Å². The first-order chi connectivity index (χ1) is 11.8. The van der Waals surface area contributed by atoms with Gasteiger partial charge in [0.15, 0.2) is 0 Å². The Kier molecular flexibility index (Phi) is 7.88. The zero-order valence-electron chi connectivity index (χ0n) is 14.4. The molecule has 0 unspecified atom stereocenters. The molecule has 0 atom stereocenters. The lowest BCUT2D eigenvalue weighted by Gasteiger charge is -2.07. The summed E-state index contributed by atoms with van der Waals surface area (Å²) in [6.07, 6.45) is 5.15. The highest BCUT2D eigenvalue weighted by molar-refractivity contribution is 5.89. The normalized spacial score (nSPS) is 10.4. The number of esters is 1. The summed E-state index contributed by atoms with van der Waals surface area (Å²) in [4.78, 5) is 12.0. The van der Waals surface area contributed by atoms with Gasteiger partial charge in [0.2, 0.25) is 0 Å². The minimum atomic E-state index is -0.277. The van der Waals surface area contributed by atoms with E-state index in [2.05, 4.69) is 19.1 Å². The Hall–Kier alpha value is -2.29. The molecule has 0 bridgehead atoms. The average Bonchev–Trinajstić information content (AvgIpc) is 2.63. The van der Waals surface area contributed by atoms with Crippen LogP contribution in [0.15, 0.2) is 54.6 Å². The van der Waals surface area contributed by atoms with Crippen LogP contribution in [0.1, 0.15) is 48.5 Å². The molecule has 0 fully saturated rings. The molecule has 0 saturated carbocycles. The number of hydrogen-bond acceptors (Lipinski definition) is 3. The molecule has 3 nitrogen and oxygen atoms in total. The summed E-state index contributed by atoms with van der Waals surface area (Å²) >= 11 is 0. The molecule has 0 saturated heterocycles. The second-order valence-corrected chi connectivity index (χ2v) is 5.81. The Balaban J connectivity index is 1.68. The molecule has 2 aromatic rings. The maximum atomic E-state index is 12.0. The maximum absolute atomic E-state index is 12.0. The third kappa shape index (κ3) is 6.45. The van der Waals surface area contributed by atoms with Crippen molar-refractivity contribution in [3.05, 3.63) is 65.7 Å². The molecule has 24 heavy (non-hydrogen) atoms. The van der Waals surface area contributed by atoms with E-state index in [1.807, 2.05) is 30.3 Å². The lowest BCUT2D eigenvalue weighted by Crippen LogP contribution is -2.07. The van der Waals surface area contributed by atoms with Crippen LogP contribution in [0.2, 0.25) is 0 Å². The van der Waals surface area contributed by atoms with Crippen LogP contribution in [-0.4, -0.2) is 19.2 Å². The lowest BCUT2D eigenvalue weighted by molar-refractivity contribution is 0.0500. The van der Waals surface area contributed by atoms with Gasteiger partial charge in [-0.05, 0) is 49.1 Å². The van der Waals surface area contributed by atoms with Crippen molar-refractivity contribution in [1.82, 2.24) is 0 Å². The SMILES string of the molecule is CCCCCOc1ccc(C(=O)OCCCc2ccccc2)cc1. The molecule has 2 aromatic carbocycles. The number of hydrogen-bond donors (Lipinski definition) is 0. The van der Waals surface area contributed by atoms with E-state index < -0.39 is 0 Å². The number of carbonyl (C=O) groups is 1. The molecule has 0 spiro atoms. The predicted molar refractivity (Wildman–Crippen MR) is 96.5 cm³/mol. The minimum Gasteiger partial charge on any atom is -0.494 e. The number of aryl methyl sites for hydroxylation is 1. The molecule has 0 heterocycles. The number of rotatable bonds is 10. The Morgan fingerprint density at radius 2 is 1.62 bits per heavy atom. The van der Waals surface area contributed by atoms with E-state index in [4.69, 9.17) is 9.47 Å². The Morgan fingerprint density at radius 3 is 2.33 bits per heavy atom. The minimum absolute atomic E-state index is 0.277. The van der Waals surface area contributed by atoms with Gasteiger partial charge in [-0.25, -0.2) is 4.79 Å². The number of benzene rings is 2. The van der Waals surface area contributed by atoms with Crippen molar-refractivity contribution in [2.75, 3.05) is 13.2 Å². The van der Waals surface area contributed by atoms with Crippen molar-refractivity contribution in [2.45, 2.75) is 39.0 Å². The highest BCUT2D eigenvalue weighted by atomic mass is 16.5. The first-order valence-corrected chi connectivity index (χ1v) is 8.73. The maximum Gasteiger partial charge on any atom is 0.338 e. The lowest BCUT2D eigenvalue weighted by atomic mass is 10.1. The summed E-state index contributed by atoms with van der Waals surface area (Å²) in [7, 11) is 0. The molecule has 0 radical (unpaired) electrons. The molecule has 2 rings (SSSR count). The third-order valence-electron chi connectivity index (χ3n) is 3.79. The quantitative estimate of drug-likeness (QED) is 0.453. The number of unbranched alkanes of at least 4 members (excludes halogenated alkanes) is 2. The summed E-state index contributed by atoms with van der Waals surface area (Å²) < 4.78 is 11.0. The van der Waals surface area contributed by atoms with Gasteiger partial charge >= 0.3 is 5.97 Å².